The molecule has 0 radical (unpaired) electrons. The SMILES string of the molecule is NC(c1c(F)cccc1F)C1CCc2cccnc21. The van der Waals surface area contributed by atoms with E-state index < -0.39 is 17.7 Å². The summed E-state index contributed by atoms with van der Waals surface area (Å²) in [5.74, 6) is -1.30. The number of rotatable bonds is 2. The van der Waals surface area contributed by atoms with Crippen molar-refractivity contribution in [3.8, 4) is 0 Å². The van der Waals surface area contributed by atoms with Gasteiger partial charge in [-0.2, -0.15) is 0 Å². The van der Waals surface area contributed by atoms with E-state index in [4.69, 9.17) is 5.73 Å². The van der Waals surface area contributed by atoms with Crippen molar-refractivity contribution in [2.75, 3.05) is 0 Å². The minimum absolute atomic E-state index is 0.0361. The number of fused-ring (bicyclic) bond motifs is 1. The fraction of sp³-hybridized carbons (Fsp3) is 0.267. The second-order valence-corrected chi connectivity index (χ2v) is 4.85. The van der Waals surface area contributed by atoms with Gasteiger partial charge in [0.1, 0.15) is 11.6 Å². The lowest BCUT2D eigenvalue weighted by molar-refractivity contribution is 0.473. The zero-order valence-corrected chi connectivity index (χ0v) is 10.3. The summed E-state index contributed by atoms with van der Waals surface area (Å²) in [6, 6.07) is 7.00. The fourth-order valence-corrected chi connectivity index (χ4v) is 2.82. The van der Waals surface area contributed by atoms with E-state index in [-0.39, 0.29) is 11.5 Å². The third-order valence-corrected chi connectivity index (χ3v) is 3.77. The molecule has 2 nitrogen and oxygen atoms in total. The molecule has 0 saturated heterocycles. The van der Waals surface area contributed by atoms with Crippen LogP contribution >= 0.6 is 0 Å². The Labute approximate surface area is 110 Å². The first-order valence-electron chi connectivity index (χ1n) is 6.31. The lowest BCUT2D eigenvalue weighted by atomic mass is 9.91. The van der Waals surface area contributed by atoms with Crippen LogP contribution in [0.15, 0.2) is 36.5 Å². The zero-order valence-electron chi connectivity index (χ0n) is 10.3. The normalized spacial score (nSPS) is 19.2. The largest absolute Gasteiger partial charge is 0.323 e. The van der Waals surface area contributed by atoms with E-state index >= 15 is 0 Å². The Hall–Kier alpha value is -1.81. The second-order valence-electron chi connectivity index (χ2n) is 4.85. The molecule has 2 aromatic rings. The number of hydrogen-bond donors (Lipinski definition) is 1. The van der Waals surface area contributed by atoms with E-state index in [1.807, 2.05) is 12.1 Å². The Morgan fingerprint density at radius 3 is 2.63 bits per heavy atom. The highest BCUT2D eigenvalue weighted by Gasteiger charge is 2.32. The van der Waals surface area contributed by atoms with Crippen LogP contribution < -0.4 is 5.73 Å². The first-order chi connectivity index (χ1) is 9.18. The van der Waals surface area contributed by atoms with Crippen LogP contribution in [0, 0.1) is 11.6 Å². The summed E-state index contributed by atoms with van der Waals surface area (Å²) in [7, 11) is 0. The lowest BCUT2D eigenvalue weighted by Crippen LogP contribution is -2.21. The van der Waals surface area contributed by atoms with Crippen molar-refractivity contribution in [2.24, 2.45) is 5.73 Å². The maximum absolute atomic E-state index is 13.8. The van der Waals surface area contributed by atoms with E-state index in [1.54, 1.807) is 6.20 Å². The molecule has 0 aliphatic heterocycles. The van der Waals surface area contributed by atoms with Crippen molar-refractivity contribution in [2.45, 2.75) is 24.8 Å². The maximum atomic E-state index is 13.8. The van der Waals surface area contributed by atoms with Crippen LogP contribution in [-0.4, -0.2) is 4.98 Å². The highest BCUT2D eigenvalue weighted by Crippen LogP contribution is 2.40. The highest BCUT2D eigenvalue weighted by molar-refractivity contribution is 5.34. The lowest BCUT2D eigenvalue weighted by Gasteiger charge is -2.20. The summed E-state index contributed by atoms with van der Waals surface area (Å²) in [6.45, 7) is 0. The maximum Gasteiger partial charge on any atom is 0.130 e. The van der Waals surface area contributed by atoms with Crippen LogP contribution in [0.25, 0.3) is 0 Å². The van der Waals surface area contributed by atoms with E-state index in [1.165, 1.54) is 18.2 Å². The summed E-state index contributed by atoms with van der Waals surface area (Å²) in [4.78, 5) is 4.32. The van der Waals surface area contributed by atoms with Crippen molar-refractivity contribution >= 4 is 0 Å². The van der Waals surface area contributed by atoms with Crippen molar-refractivity contribution in [3.63, 3.8) is 0 Å². The molecular weight excluding hydrogens is 246 g/mol. The average Bonchev–Trinajstić information content (AvgIpc) is 2.82. The molecule has 0 fully saturated rings. The van der Waals surface area contributed by atoms with E-state index in [0.29, 0.717) is 0 Å². The van der Waals surface area contributed by atoms with Gasteiger partial charge in [-0.15, -0.1) is 0 Å². The zero-order chi connectivity index (χ0) is 13.4. The van der Waals surface area contributed by atoms with Gasteiger partial charge in [0.15, 0.2) is 0 Å². The molecule has 3 rings (SSSR count). The van der Waals surface area contributed by atoms with Crippen LogP contribution in [-0.2, 0) is 6.42 Å². The molecule has 1 aliphatic rings. The van der Waals surface area contributed by atoms with E-state index in [0.717, 1.165) is 24.1 Å². The molecule has 2 N–H and O–H groups in total. The summed E-state index contributed by atoms with van der Waals surface area (Å²) < 4.78 is 27.6. The molecule has 0 saturated carbocycles. The molecule has 1 aliphatic carbocycles. The number of nitrogens with two attached hydrogens (primary N) is 1. The monoisotopic (exact) mass is 260 g/mol. The number of aromatic nitrogens is 1. The van der Waals surface area contributed by atoms with Crippen LogP contribution in [0.3, 0.4) is 0 Å². The Bertz CT molecular complexity index is 593. The summed E-state index contributed by atoms with van der Waals surface area (Å²) >= 11 is 0. The van der Waals surface area contributed by atoms with Gasteiger partial charge in [0, 0.05) is 29.4 Å². The number of halogens is 2. The molecule has 0 amide bonds. The summed E-state index contributed by atoms with van der Waals surface area (Å²) in [6.07, 6.45) is 3.33. The highest BCUT2D eigenvalue weighted by atomic mass is 19.1. The van der Waals surface area contributed by atoms with Crippen molar-refractivity contribution in [1.29, 1.82) is 0 Å². The number of nitrogens with zero attached hydrogens (tertiary/aromatic N) is 1. The minimum Gasteiger partial charge on any atom is -0.323 e. The number of hydrogen-bond acceptors (Lipinski definition) is 2. The predicted octanol–water partition coefficient (Wildman–Crippen LogP) is 3.09. The van der Waals surface area contributed by atoms with Crippen LogP contribution in [0.4, 0.5) is 8.78 Å². The number of benzene rings is 1. The summed E-state index contributed by atoms with van der Waals surface area (Å²) in [5.41, 5.74) is 8.06. The van der Waals surface area contributed by atoms with Crippen LogP contribution in [0.1, 0.15) is 35.2 Å². The quantitative estimate of drug-likeness (QED) is 0.901. The van der Waals surface area contributed by atoms with Gasteiger partial charge in [-0.05, 0) is 36.6 Å². The van der Waals surface area contributed by atoms with Crippen LogP contribution in [0.5, 0.6) is 0 Å². The number of pyridine rings is 1. The Morgan fingerprint density at radius 2 is 1.89 bits per heavy atom. The van der Waals surface area contributed by atoms with Gasteiger partial charge in [-0.25, -0.2) is 8.78 Å². The molecule has 0 spiro atoms. The molecule has 1 aromatic carbocycles. The molecule has 98 valence electrons. The van der Waals surface area contributed by atoms with E-state index in [2.05, 4.69) is 4.98 Å². The molecule has 2 atom stereocenters. The van der Waals surface area contributed by atoms with Gasteiger partial charge in [-0.1, -0.05) is 12.1 Å². The van der Waals surface area contributed by atoms with Gasteiger partial charge < -0.3 is 5.73 Å². The molecule has 1 heterocycles. The van der Waals surface area contributed by atoms with Crippen molar-refractivity contribution < 1.29 is 8.78 Å². The van der Waals surface area contributed by atoms with Gasteiger partial charge >= 0.3 is 0 Å². The van der Waals surface area contributed by atoms with Gasteiger partial charge in [0.2, 0.25) is 0 Å². The minimum atomic E-state index is -0.697. The topological polar surface area (TPSA) is 38.9 Å². The molecule has 1 aromatic heterocycles. The van der Waals surface area contributed by atoms with Crippen LogP contribution in [0.2, 0.25) is 0 Å². The Kier molecular flexibility index (Phi) is 3.03. The van der Waals surface area contributed by atoms with Crippen molar-refractivity contribution in [3.05, 3.63) is 65.0 Å². The Balaban J connectivity index is 2.00. The molecule has 2 unspecified atom stereocenters. The third-order valence-electron chi connectivity index (χ3n) is 3.77. The van der Waals surface area contributed by atoms with Gasteiger partial charge in [0.05, 0.1) is 0 Å². The molecule has 0 bridgehead atoms. The standard InChI is InChI=1S/C15H14F2N2/c16-11-4-1-5-12(17)13(11)14(18)10-7-6-9-3-2-8-19-15(9)10/h1-5,8,10,14H,6-7,18H2. The molecular formula is C15H14F2N2. The second kappa shape index (κ2) is 4.70. The Morgan fingerprint density at radius 1 is 1.16 bits per heavy atom. The fourth-order valence-electron chi connectivity index (χ4n) is 2.82. The molecule has 19 heavy (non-hydrogen) atoms. The first kappa shape index (κ1) is 12.2. The van der Waals surface area contributed by atoms with E-state index in [9.17, 15) is 8.78 Å². The third kappa shape index (κ3) is 2.02. The number of aryl methyl sites for hydroxylation is 1. The smallest absolute Gasteiger partial charge is 0.130 e. The summed E-state index contributed by atoms with van der Waals surface area (Å²) in [5, 5.41) is 0. The van der Waals surface area contributed by atoms with Crippen molar-refractivity contribution in [1.82, 2.24) is 4.98 Å². The first-order valence-corrected chi connectivity index (χ1v) is 6.31. The van der Waals surface area contributed by atoms with Gasteiger partial charge in [-0.3, -0.25) is 4.98 Å². The predicted molar refractivity (Wildman–Crippen MR) is 68.6 cm³/mol. The average molecular weight is 260 g/mol. The van der Waals surface area contributed by atoms with Gasteiger partial charge in [0.25, 0.3) is 0 Å². The molecule has 4 heteroatoms.